The number of amides is 1. The SMILES string of the molecule is C=C/C(=C1/N=C(N(CCN2CCCC2)C(=O)OC(C)(C)C)C=CN1C)c1cc(OC)ccc1F. The van der Waals surface area contributed by atoms with E-state index in [1.165, 1.54) is 26.0 Å². The summed E-state index contributed by atoms with van der Waals surface area (Å²) in [5, 5.41) is 0. The molecule has 34 heavy (non-hydrogen) atoms. The second-order valence-corrected chi connectivity index (χ2v) is 9.36. The van der Waals surface area contributed by atoms with Crippen molar-refractivity contribution in [2.75, 3.05) is 40.3 Å². The minimum absolute atomic E-state index is 0.315. The van der Waals surface area contributed by atoms with Crippen LogP contribution in [0.3, 0.4) is 0 Å². The van der Waals surface area contributed by atoms with Gasteiger partial charge in [-0.25, -0.2) is 14.2 Å². The van der Waals surface area contributed by atoms with E-state index in [9.17, 15) is 9.18 Å². The van der Waals surface area contributed by atoms with Gasteiger partial charge in [-0.3, -0.25) is 4.90 Å². The quantitative estimate of drug-likeness (QED) is 0.593. The van der Waals surface area contributed by atoms with Gasteiger partial charge in [-0.1, -0.05) is 12.7 Å². The summed E-state index contributed by atoms with van der Waals surface area (Å²) in [5.74, 6) is 1.01. The number of ether oxygens (including phenoxy) is 2. The second kappa shape index (κ2) is 10.9. The van der Waals surface area contributed by atoms with E-state index in [4.69, 9.17) is 14.5 Å². The van der Waals surface area contributed by atoms with Crippen molar-refractivity contribution in [1.82, 2.24) is 14.7 Å². The predicted molar refractivity (Wildman–Crippen MR) is 133 cm³/mol. The summed E-state index contributed by atoms with van der Waals surface area (Å²) in [7, 11) is 3.35. The molecule has 0 aromatic heterocycles. The fourth-order valence-corrected chi connectivity index (χ4v) is 3.90. The third-order valence-corrected chi connectivity index (χ3v) is 5.64. The number of allylic oxidation sites excluding steroid dienone is 2. The summed E-state index contributed by atoms with van der Waals surface area (Å²) in [5.41, 5.74) is 0.160. The Hall–Kier alpha value is -3.13. The average Bonchev–Trinajstić information content (AvgIpc) is 3.30. The van der Waals surface area contributed by atoms with Crippen molar-refractivity contribution in [3.8, 4) is 5.75 Å². The second-order valence-electron chi connectivity index (χ2n) is 9.36. The van der Waals surface area contributed by atoms with Crippen LogP contribution in [-0.2, 0) is 4.74 Å². The molecule has 1 aromatic carbocycles. The molecule has 0 bridgehead atoms. The number of methoxy groups -OCH3 is 1. The number of rotatable bonds is 6. The highest BCUT2D eigenvalue weighted by Gasteiger charge is 2.28. The lowest BCUT2D eigenvalue weighted by molar-refractivity contribution is 0.0361. The molecule has 8 heteroatoms. The smallest absolute Gasteiger partial charge is 0.416 e. The number of amidine groups is 1. The van der Waals surface area contributed by atoms with Crippen molar-refractivity contribution >= 4 is 17.5 Å². The Kier molecular flexibility index (Phi) is 8.15. The molecule has 1 fully saturated rings. The summed E-state index contributed by atoms with van der Waals surface area (Å²) in [4.78, 5) is 23.6. The van der Waals surface area contributed by atoms with Crippen LogP contribution in [0, 0.1) is 5.82 Å². The lowest BCUT2D eigenvalue weighted by Crippen LogP contribution is -2.44. The van der Waals surface area contributed by atoms with E-state index in [0.29, 0.717) is 35.1 Å². The molecular formula is C26H35FN4O3. The number of benzene rings is 1. The van der Waals surface area contributed by atoms with Crippen LogP contribution in [0.4, 0.5) is 9.18 Å². The van der Waals surface area contributed by atoms with E-state index < -0.39 is 17.5 Å². The number of halogens is 1. The van der Waals surface area contributed by atoms with Gasteiger partial charge < -0.3 is 19.3 Å². The van der Waals surface area contributed by atoms with Gasteiger partial charge in [-0.2, -0.15) is 0 Å². The third kappa shape index (κ3) is 6.26. The van der Waals surface area contributed by atoms with Crippen LogP contribution < -0.4 is 4.74 Å². The fraction of sp³-hybridized carbons (Fsp3) is 0.462. The van der Waals surface area contributed by atoms with Crippen molar-refractivity contribution in [2.24, 2.45) is 4.99 Å². The number of hydrogen-bond donors (Lipinski definition) is 0. The Morgan fingerprint density at radius 3 is 2.62 bits per heavy atom. The standard InChI is InChI=1S/C26H35FN4O3/c1-7-20(21-18-19(33-6)10-11-22(21)27)24-28-23(12-15-29(24)5)31(25(32)34-26(2,3)4)17-16-30-13-8-9-14-30/h7,10-12,15,18H,1,8-9,13-14,16-17H2,2-6H3/b24-20+. The number of nitrogens with zero attached hydrogens (tertiary/aromatic N) is 4. The lowest BCUT2D eigenvalue weighted by Gasteiger charge is -2.31. The Morgan fingerprint density at radius 2 is 2.00 bits per heavy atom. The zero-order chi connectivity index (χ0) is 24.9. The van der Waals surface area contributed by atoms with Crippen molar-refractivity contribution in [3.05, 3.63) is 60.3 Å². The maximum atomic E-state index is 14.8. The Balaban J connectivity index is 2.01. The molecule has 0 aliphatic carbocycles. The number of hydrogen-bond acceptors (Lipinski definition) is 6. The van der Waals surface area contributed by atoms with E-state index in [1.54, 1.807) is 40.3 Å². The largest absolute Gasteiger partial charge is 0.497 e. The van der Waals surface area contributed by atoms with E-state index in [1.807, 2.05) is 27.8 Å². The zero-order valence-corrected chi connectivity index (χ0v) is 20.8. The van der Waals surface area contributed by atoms with E-state index in [-0.39, 0.29) is 0 Å². The minimum atomic E-state index is -0.645. The first-order valence-electron chi connectivity index (χ1n) is 11.6. The van der Waals surface area contributed by atoms with Crippen LogP contribution in [0.25, 0.3) is 5.57 Å². The van der Waals surface area contributed by atoms with Crippen molar-refractivity contribution < 1.29 is 18.7 Å². The van der Waals surface area contributed by atoms with Gasteiger partial charge in [0.2, 0.25) is 0 Å². The van der Waals surface area contributed by atoms with Crippen LogP contribution in [0.1, 0.15) is 39.2 Å². The fourth-order valence-electron chi connectivity index (χ4n) is 3.90. The Bertz CT molecular complexity index is 1000. The zero-order valence-electron chi connectivity index (χ0n) is 20.8. The highest BCUT2D eigenvalue weighted by Crippen LogP contribution is 2.30. The average molecular weight is 471 g/mol. The van der Waals surface area contributed by atoms with Gasteiger partial charge in [0.15, 0.2) is 0 Å². The topological polar surface area (TPSA) is 57.6 Å². The summed E-state index contributed by atoms with van der Waals surface area (Å²) in [6.45, 7) is 12.6. The summed E-state index contributed by atoms with van der Waals surface area (Å²) in [6.07, 6.45) is 6.99. The first-order valence-corrected chi connectivity index (χ1v) is 11.6. The maximum absolute atomic E-state index is 14.8. The molecule has 1 amide bonds. The lowest BCUT2D eigenvalue weighted by atomic mass is 10.0. The van der Waals surface area contributed by atoms with Crippen LogP contribution in [0.2, 0.25) is 0 Å². The van der Waals surface area contributed by atoms with Crippen molar-refractivity contribution in [1.29, 1.82) is 0 Å². The molecule has 0 saturated carbocycles. The number of aliphatic imine (C=N–C) groups is 1. The molecule has 0 radical (unpaired) electrons. The van der Waals surface area contributed by atoms with Gasteiger partial charge in [0.05, 0.1) is 7.11 Å². The molecule has 7 nitrogen and oxygen atoms in total. The van der Waals surface area contributed by atoms with Gasteiger partial charge >= 0.3 is 6.09 Å². The summed E-state index contributed by atoms with van der Waals surface area (Å²) in [6, 6.07) is 4.52. The molecule has 0 unspecified atom stereocenters. The van der Waals surface area contributed by atoms with Crippen LogP contribution in [0.15, 0.2) is 53.9 Å². The molecule has 3 rings (SSSR count). The molecule has 1 saturated heterocycles. The van der Waals surface area contributed by atoms with Crippen LogP contribution in [0.5, 0.6) is 5.75 Å². The Labute approximate surface area is 201 Å². The highest BCUT2D eigenvalue weighted by atomic mass is 19.1. The maximum Gasteiger partial charge on any atom is 0.416 e. The third-order valence-electron chi connectivity index (χ3n) is 5.64. The highest BCUT2D eigenvalue weighted by molar-refractivity contribution is 6.04. The molecule has 0 atom stereocenters. The molecule has 0 spiro atoms. The number of likely N-dealkylation sites (tertiary alicyclic amines) is 1. The molecule has 1 aromatic rings. The molecule has 184 valence electrons. The normalized spacial score (nSPS) is 17.9. The number of carbonyl (C=O) groups excluding carboxylic acids is 1. The minimum Gasteiger partial charge on any atom is -0.497 e. The molecule has 2 heterocycles. The first-order chi connectivity index (χ1) is 16.1. The van der Waals surface area contributed by atoms with Gasteiger partial charge in [0.25, 0.3) is 0 Å². The van der Waals surface area contributed by atoms with Crippen LogP contribution in [-0.4, -0.2) is 72.6 Å². The molecule has 0 N–H and O–H groups in total. The van der Waals surface area contributed by atoms with E-state index in [0.717, 1.165) is 19.6 Å². The Morgan fingerprint density at radius 1 is 1.29 bits per heavy atom. The summed E-state index contributed by atoms with van der Waals surface area (Å²) >= 11 is 0. The summed E-state index contributed by atoms with van der Waals surface area (Å²) < 4.78 is 25.7. The van der Waals surface area contributed by atoms with Gasteiger partial charge in [0, 0.05) is 37.5 Å². The van der Waals surface area contributed by atoms with Gasteiger partial charge in [0.1, 0.15) is 28.8 Å². The van der Waals surface area contributed by atoms with Gasteiger partial charge in [-0.15, -0.1) is 0 Å². The monoisotopic (exact) mass is 470 g/mol. The molecule has 2 aliphatic rings. The molecule has 2 aliphatic heterocycles. The van der Waals surface area contributed by atoms with Crippen LogP contribution >= 0.6 is 0 Å². The predicted octanol–water partition coefficient (Wildman–Crippen LogP) is 4.88. The number of carbonyl (C=O) groups is 1. The van der Waals surface area contributed by atoms with Crippen molar-refractivity contribution in [2.45, 2.75) is 39.2 Å². The first kappa shape index (κ1) is 25.5. The van der Waals surface area contributed by atoms with E-state index in [2.05, 4.69) is 11.5 Å². The molecular weight excluding hydrogens is 435 g/mol. The van der Waals surface area contributed by atoms with Crippen molar-refractivity contribution in [3.63, 3.8) is 0 Å². The van der Waals surface area contributed by atoms with Gasteiger partial charge in [-0.05, 0) is 71.0 Å². The van der Waals surface area contributed by atoms with E-state index >= 15 is 0 Å².